The lowest BCUT2D eigenvalue weighted by atomic mass is 10.1. The van der Waals surface area contributed by atoms with Gasteiger partial charge in [-0.25, -0.2) is 0 Å². The highest BCUT2D eigenvalue weighted by atomic mass is 28.4. The predicted octanol–water partition coefficient (Wildman–Crippen LogP) is 4.66. The molecule has 1 heterocycles. The molecule has 2 aromatic carbocycles. The van der Waals surface area contributed by atoms with Crippen LogP contribution in [0.2, 0.25) is 5.04 Å². The van der Waals surface area contributed by atoms with Gasteiger partial charge in [0.15, 0.2) is 5.79 Å². The standard InChI is InChI=1S/C25H34O3Si/c1-7-14-22(23-19-26-25(5,6)27-23)28-29(24(2,3)4,20-15-10-8-11-16-20)21-17-12-9-13-18-21/h7-13,15-18,22-23H,1,14,19H2,2-6H3/t22-,23+/m0/s1. The molecular weight excluding hydrogens is 376 g/mol. The molecule has 1 aliphatic heterocycles. The van der Waals surface area contributed by atoms with Crippen LogP contribution in [-0.4, -0.2) is 32.9 Å². The van der Waals surface area contributed by atoms with Gasteiger partial charge in [0.25, 0.3) is 8.32 Å². The number of hydrogen-bond donors (Lipinski definition) is 0. The monoisotopic (exact) mass is 410 g/mol. The van der Waals surface area contributed by atoms with Gasteiger partial charge in [0.2, 0.25) is 0 Å². The molecule has 1 fully saturated rings. The van der Waals surface area contributed by atoms with Crippen LogP contribution in [-0.2, 0) is 13.9 Å². The van der Waals surface area contributed by atoms with Crippen LogP contribution in [0.5, 0.6) is 0 Å². The minimum atomic E-state index is -2.65. The Hall–Kier alpha value is -1.72. The average Bonchev–Trinajstić information content (AvgIpc) is 3.05. The summed E-state index contributed by atoms with van der Waals surface area (Å²) < 4.78 is 19.3. The molecule has 29 heavy (non-hydrogen) atoms. The maximum atomic E-state index is 7.26. The molecule has 0 amide bonds. The van der Waals surface area contributed by atoms with Crippen molar-refractivity contribution in [2.24, 2.45) is 0 Å². The normalized spacial score (nSPS) is 20.4. The van der Waals surface area contributed by atoms with E-state index in [1.807, 2.05) is 19.9 Å². The van der Waals surface area contributed by atoms with Gasteiger partial charge in [-0.05, 0) is 35.7 Å². The summed E-state index contributed by atoms with van der Waals surface area (Å²) >= 11 is 0. The first-order chi connectivity index (χ1) is 13.7. The van der Waals surface area contributed by atoms with Gasteiger partial charge >= 0.3 is 0 Å². The highest BCUT2D eigenvalue weighted by Gasteiger charge is 2.53. The molecule has 0 spiro atoms. The summed E-state index contributed by atoms with van der Waals surface area (Å²) in [5.74, 6) is -0.584. The maximum absolute atomic E-state index is 7.26. The fraction of sp³-hybridized carbons (Fsp3) is 0.440. The number of rotatable bonds is 7. The molecule has 1 saturated heterocycles. The summed E-state index contributed by atoms with van der Waals surface area (Å²) in [6, 6.07) is 21.4. The van der Waals surface area contributed by atoms with Crippen molar-refractivity contribution in [2.45, 2.75) is 64.1 Å². The molecule has 2 atom stereocenters. The van der Waals surface area contributed by atoms with Crippen molar-refractivity contribution in [3.63, 3.8) is 0 Å². The van der Waals surface area contributed by atoms with E-state index in [0.29, 0.717) is 13.0 Å². The zero-order valence-corrected chi connectivity index (χ0v) is 19.4. The molecule has 0 bridgehead atoms. The molecular formula is C25H34O3Si. The van der Waals surface area contributed by atoms with Gasteiger partial charge in [-0.15, -0.1) is 6.58 Å². The lowest BCUT2D eigenvalue weighted by Gasteiger charge is -2.46. The van der Waals surface area contributed by atoms with Crippen molar-refractivity contribution < 1.29 is 13.9 Å². The van der Waals surface area contributed by atoms with Gasteiger partial charge in [-0.1, -0.05) is 87.5 Å². The minimum Gasteiger partial charge on any atom is -0.401 e. The van der Waals surface area contributed by atoms with Crippen LogP contribution in [0.3, 0.4) is 0 Å². The molecule has 2 aromatic rings. The van der Waals surface area contributed by atoms with Crippen molar-refractivity contribution in [2.75, 3.05) is 6.61 Å². The second kappa shape index (κ2) is 8.56. The summed E-state index contributed by atoms with van der Waals surface area (Å²) in [6.07, 6.45) is 2.40. The lowest BCUT2D eigenvalue weighted by Crippen LogP contribution is -2.68. The number of ether oxygens (including phenoxy) is 2. The first kappa shape index (κ1) is 22.0. The lowest BCUT2D eigenvalue weighted by molar-refractivity contribution is -0.149. The Morgan fingerprint density at radius 1 is 1.07 bits per heavy atom. The van der Waals surface area contributed by atoms with Crippen LogP contribution in [0.4, 0.5) is 0 Å². The van der Waals surface area contributed by atoms with Crippen molar-refractivity contribution in [3.8, 4) is 0 Å². The molecule has 3 nitrogen and oxygen atoms in total. The Balaban J connectivity index is 2.12. The van der Waals surface area contributed by atoms with Crippen LogP contribution in [0, 0.1) is 0 Å². The van der Waals surface area contributed by atoms with Crippen molar-refractivity contribution in [3.05, 3.63) is 73.3 Å². The fourth-order valence-corrected chi connectivity index (χ4v) is 8.97. The molecule has 3 rings (SSSR count). The molecule has 0 radical (unpaired) electrons. The molecule has 0 aromatic heterocycles. The van der Waals surface area contributed by atoms with E-state index in [0.717, 1.165) is 0 Å². The third-order valence-electron chi connectivity index (χ3n) is 5.59. The van der Waals surface area contributed by atoms with Crippen LogP contribution in [0.25, 0.3) is 0 Å². The average molecular weight is 411 g/mol. The van der Waals surface area contributed by atoms with Crippen molar-refractivity contribution in [1.29, 1.82) is 0 Å². The highest BCUT2D eigenvalue weighted by molar-refractivity contribution is 6.99. The second-order valence-corrected chi connectivity index (χ2v) is 13.5. The van der Waals surface area contributed by atoms with Crippen molar-refractivity contribution in [1.82, 2.24) is 0 Å². The Labute approximate surface area is 176 Å². The van der Waals surface area contributed by atoms with E-state index in [4.69, 9.17) is 13.9 Å². The summed E-state index contributed by atoms with van der Waals surface area (Å²) in [7, 11) is -2.65. The zero-order chi connectivity index (χ0) is 21.1. The van der Waals surface area contributed by atoms with Crippen LogP contribution >= 0.6 is 0 Å². The van der Waals surface area contributed by atoms with E-state index in [9.17, 15) is 0 Å². The van der Waals surface area contributed by atoms with Gasteiger partial charge in [-0.3, -0.25) is 0 Å². The molecule has 0 N–H and O–H groups in total. The Morgan fingerprint density at radius 2 is 1.59 bits per heavy atom. The topological polar surface area (TPSA) is 27.7 Å². The van der Waals surface area contributed by atoms with E-state index >= 15 is 0 Å². The van der Waals surface area contributed by atoms with E-state index in [1.54, 1.807) is 0 Å². The zero-order valence-electron chi connectivity index (χ0n) is 18.4. The van der Waals surface area contributed by atoms with E-state index in [2.05, 4.69) is 88.0 Å². The first-order valence-electron chi connectivity index (χ1n) is 10.4. The summed E-state index contributed by atoms with van der Waals surface area (Å²) in [4.78, 5) is 0. The fourth-order valence-electron chi connectivity index (χ4n) is 4.26. The highest BCUT2D eigenvalue weighted by Crippen LogP contribution is 2.39. The van der Waals surface area contributed by atoms with Gasteiger partial charge in [0.05, 0.1) is 12.7 Å². The maximum Gasteiger partial charge on any atom is 0.261 e. The van der Waals surface area contributed by atoms with Gasteiger partial charge in [0, 0.05) is 0 Å². The molecule has 1 aliphatic rings. The van der Waals surface area contributed by atoms with Crippen LogP contribution < -0.4 is 10.4 Å². The Bertz CT molecular complexity index is 756. The van der Waals surface area contributed by atoms with Crippen LogP contribution in [0.15, 0.2) is 73.3 Å². The first-order valence-corrected chi connectivity index (χ1v) is 12.3. The number of benzene rings is 2. The minimum absolute atomic E-state index is 0.0793. The smallest absolute Gasteiger partial charge is 0.261 e. The van der Waals surface area contributed by atoms with Crippen LogP contribution in [0.1, 0.15) is 41.0 Å². The molecule has 0 aliphatic carbocycles. The molecule has 4 heteroatoms. The molecule has 0 saturated carbocycles. The summed E-state index contributed by atoms with van der Waals surface area (Å²) in [5.41, 5.74) is 0. The third kappa shape index (κ3) is 4.56. The van der Waals surface area contributed by atoms with Crippen molar-refractivity contribution >= 4 is 18.7 Å². The van der Waals surface area contributed by atoms with E-state index in [-0.39, 0.29) is 17.2 Å². The van der Waals surface area contributed by atoms with E-state index < -0.39 is 14.1 Å². The summed E-state index contributed by atoms with van der Waals surface area (Å²) in [6.45, 7) is 15.3. The van der Waals surface area contributed by atoms with Gasteiger partial charge in [-0.2, -0.15) is 0 Å². The Morgan fingerprint density at radius 3 is 1.97 bits per heavy atom. The largest absolute Gasteiger partial charge is 0.401 e. The Kier molecular flexibility index (Phi) is 6.49. The van der Waals surface area contributed by atoms with E-state index in [1.165, 1.54) is 10.4 Å². The predicted molar refractivity (Wildman–Crippen MR) is 122 cm³/mol. The molecule has 0 unspecified atom stereocenters. The van der Waals surface area contributed by atoms with Gasteiger partial charge in [0.1, 0.15) is 6.10 Å². The SMILES string of the molecule is C=CC[C@H](O[Si](c1ccccc1)(c1ccccc1)C(C)(C)C)[C@H]1COC(C)(C)O1. The second-order valence-electron chi connectivity index (χ2n) is 9.21. The third-order valence-corrected chi connectivity index (χ3v) is 10.7. The number of hydrogen-bond acceptors (Lipinski definition) is 3. The molecule has 156 valence electrons. The summed E-state index contributed by atoms with van der Waals surface area (Å²) in [5, 5.41) is 2.46. The van der Waals surface area contributed by atoms with Gasteiger partial charge < -0.3 is 13.9 Å². The quantitative estimate of drug-likeness (QED) is 0.491.